The number of benzene rings is 1. The van der Waals surface area contributed by atoms with E-state index in [1.165, 1.54) is 5.56 Å². The smallest absolute Gasteiger partial charge is 0.243 e. The van der Waals surface area contributed by atoms with Crippen LogP contribution in [0, 0.1) is 0 Å². The number of likely N-dealkylation sites (N-methyl/N-ethyl adjacent to an activating group) is 1. The summed E-state index contributed by atoms with van der Waals surface area (Å²) in [6.07, 6.45) is 1.01. The first-order valence-electron chi connectivity index (χ1n) is 5.22. The zero-order valence-corrected chi connectivity index (χ0v) is 9.16. The Kier molecular flexibility index (Phi) is 2.73. The van der Waals surface area contributed by atoms with Crippen LogP contribution < -0.4 is 5.32 Å². The third-order valence-electron chi connectivity index (χ3n) is 2.80. The summed E-state index contributed by atoms with van der Waals surface area (Å²) < 4.78 is 0. The van der Waals surface area contributed by atoms with Crippen molar-refractivity contribution in [3.05, 3.63) is 35.4 Å². The zero-order chi connectivity index (χ0) is 10.8. The molecule has 0 aliphatic carbocycles. The van der Waals surface area contributed by atoms with Crippen molar-refractivity contribution >= 4 is 5.91 Å². The van der Waals surface area contributed by atoms with E-state index in [9.17, 15) is 4.79 Å². The number of fused-ring (bicyclic) bond motifs is 1. The van der Waals surface area contributed by atoms with Gasteiger partial charge in [-0.2, -0.15) is 0 Å². The molecule has 1 unspecified atom stereocenters. The van der Waals surface area contributed by atoms with Crippen molar-refractivity contribution in [2.75, 3.05) is 20.6 Å². The van der Waals surface area contributed by atoms with E-state index in [0.717, 1.165) is 18.5 Å². The van der Waals surface area contributed by atoms with E-state index in [1.807, 2.05) is 18.2 Å². The lowest BCUT2D eigenvalue weighted by atomic mass is 9.94. The van der Waals surface area contributed by atoms with E-state index in [2.05, 4.69) is 11.4 Å². The van der Waals surface area contributed by atoms with Crippen molar-refractivity contribution in [1.82, 2.24) is 10.2 Å². The van der Waals surface area contributed by atoms with Crippen molar-refractivity contribution < 1.29 is 4.79 Å². The number of rotatable bonds is 1. The minimum absolute atomic E-state index is 0.127. The molecule has 0 aromatic heterocycles. The predicted octanol–water partition coefficient (Wildman–Crippen LogP) is 0.962. The molecule has 1 aromatic rings. The highest BCUT2D eigenvalue weighted by Crippen LogP contribution is 2.23. The SMILES string of the molecule is CN(C)C(=O)C1NCCc2ccccc21. The number of nitrogens with one attached hydrogen (secondary N) is 1. The topological polar surface area (TPSA) is 32.3 Å². The second kappa shape index (κ2) is 4.03. The quantitative estimate of drug-likeness (QED) is 0.739. The molecule has 0 saturated heterocycles. The Morgan fingerprint density at radius 3 is 2.87 bits per heavy atom. The van der Waals surface area contributed by atoms with Crippen molar-refractivity contribution in [2.45, 2.75) is 12.5 Å². The van der Waals surface area contributed by atoms with Crippen LogP contribution in [-0.2, 0) is 11.2 Å². The van der Waals surface area contributed by atoms with Crippen LogP contribution in [0.15, 0.2) is 24.3 Å². The van der Waals surface area contributed by atoms with Gasteiger partial charge in [-0.25, -0.2) is 0 Å². The Morgan fingerprint density at radius 1 is 1.40 bits per heavy atom. The highest BCUT2D eigenvalue weighted by Gasteiger charge is 2.26. The summed E-state index contributed by atoms with van der Waals surface area (Å²) in [5, 5.41) is 3.27. The number of carbonyl (C=O) groups is 1. The third-order valence-corrected chi connectivity index (χ3v) is 2.80. The molecule has 0 saturated carbocycles. The fourth-order valence-electron chi connectivity index (χ4n) is 1.98. The maximum atomic E-state index is 11.9. The summed E-state index contributed by atoms with van der Waals surface area (Å²) in [4.78, 5) is 13.6. The molecule has 1 aromatic carbocycles. The van der Waals surface area contributed by atoms with Crippen LogP contribution >= 0.6 is 0 Å². The van der Waals surface area contributed by atoms with Crippen molar-refractivity contribution in [1.29, 1.82) is 0 Å². The van der Waals surface area contributed by atoms with Crippen molar-refractivity contribution in [3.63, 3.8) is 0 Å². The summed E-state index contributed by atoms with van der Waals surface area (Å²) in [5.41, 5.74) is 2.42. The van der Waals surface area contributed by atoms with Crippen molar-refractivity contribution in [2.24, 2.45) is 0 Å². The molecule has 1 atom stereocenters. The van der Waals surface area contributed by atoms with Crippen molar-refractivity contribution in [3.8, 4) is 0 Å². The Balaban J connectivity index is 2.34. The maximum absolute atomic E-state index is 11.9. The molecule has 1 heterocycles. The molecule has 3 nitrogen and oxygen atoms in total. The Bertz CT molecular complexity index is 374. The lowest BCUT2D eigenvalue weighted by molar-refractivity contribution is -0.131. The van der Waals surface area contributed by atoms with Gasteiger partial charge in [0.1, 0.15) is 6.04 Å². The molecule has 80 valence electrons. The van der Waals surface area contributed by atoms with Gasteiger partial charge in [0, 0.05) is 20.6 Å². The summed E-state index contributed by atoms with van der Waals surface area (Å²) in [6, 6.07) is 7.99. The lowest BCUT2D eigenvalue weighted by Crippen LogP contribution is -2.40. The summed E-state index contributed by atoms with van der Waals surface area (Å²) >= 11 is 0. The molecule has 1 amide bonds. The van der Waals surface area contributed by atoms with E-state index >= 15 is 0 Å². The Labute approximate surface area is 90.1 Å². The first kappa shape index (κ1) is 10.2. The summed E-state index contributed by atoms with van der Waals surface area (Å²) in [5.74, 6) is 0.127. The molecule has 0 radical (unpaired) electrons. The van der Waals surface area contributed by atoms with E-state index in [4.69, 9.17) is 0 Å². The molecular formula is C12H16N2O. The second-order valence-corrected chi connectivity index (χ2v) is 4.07. The second-order valence-electron chi connectivity index (χ2n) is 4.07. The van der Waals surface area contributed by atoms with Gasteiger partial charge in [-0.3, -0.25) is 4.79 Å². The minimum Gasteiger partial charge on any atom is -0.347 e. The standard InChI is InChI=1S/C12H16N2O/c1-14(2)12(15)11-10-6-4-3-5-9(10)7-8-13-11/h3-6,11,13H,7-8H2,1-2H3. The number of amides is 1. The van der Waals surface area contributed by atoms with Crippen LogP contribution in [0.2, 0.25) is 0 Å². The van der Waals surface area contributed by atoms with Crippen LogP contribution in [-0.4, -0.2) is 31.4 Å². The number of hydrogen-bond acceptors (Lipinski definition) is 2. The van der Waals surface area contributed by atoms with Gasteiger partial charge in [-0.1, -0.05) is 24.3 Å². The minimum atomic E-state index is -0.162. The van der Waals surface area contributed by atoms with E-state index in [-0.39, 0.29) is 11.9 Å². The number of nitrogens with zero attached hydrogens (tertiary/aromatic N) is 1. The van der Waals surface area contributed by atoms with Crippen LogP contribution in [0.3, 0.4) is 0 Å². The van der Waals surface area contributed by atoms with Gasteiger partial charge in [-0.05, 0) is 17.5 Å². The van der Waals surface area contributed by atoms with Gasteiger partial charge in [0.15, 0.2) is 0 Å². The molecule has 1 aliphatic heterocycles. The average molecular weight is 204 g/mol. The third kappa shape index (κ3) is 1.88. The number of hydrogen-bond donors (Lipinski definition) is 1. The molecule has 15 heavy (non-hydrogen) atoms. The Morgan fingerprint density at radius 2 is 2.13 bits per heavy atom. The van der Waals surface area contributed by atoms with E-state index in [1.54, 1.807) is 19.0 Å². The monoisotopic (exact) mass is 204 g/mol. The first-order valence-corrected chi connectivity index (χ1v) is 5.22. The summed E-state index contributed by atoms with van der Waals surface area (Å²) in [7, 11) is 3.59. The van der Waals surface area contributed by atoms with Gasteiger partial charge in [0.05, 0.1) is 0 Å². The zero-order valence-electron chi connectivity index (χ0n) is 9.16. The average Bonchev–Trinajstić information content (AvgIpc) is 2.27. The van der Waals surface area contributed by atoms with Gasteiger partial charge in [0.2, 0.25) is 5.91 Å². The van der Waals surface area contributed by atoms with Gasteiger partial charge < -0.3 is 10.2 Å². The molecule has 0 fully saturated rings. The van der Waals surface area contributed by atoms with Gasteiger partial charge in [-0.15, -0.1) is 0 Å². The first-order chi connectivity index (χ1) is 7.20. The fraction of sp³-hybridized carbons (Fsp3) is 0.417. The molecular weight excluding hydrogens is 188 g/mol. The molecule has 3 heteroatoms. The fourth-order valence-corrected chi connectivity index (χ4v) is 1.98. The molecule has 2 rings (SSSR count). The van der Waals surface area contributed by atoms with E-state index < -0.39 is 0 Å². The highest BCUT2D eigenvalue weighted by molar-refractivity contribution is 5.83. The maximum Gasteiger partial charge on any atom is 0.243 e. The normalized spacial score (nSPS) is 19.5. The van der Waals surface area contributed by atoms with Crippen LogP contribution in [0.5, 0.6) is 0 Å². The number of carbonyl (C=O) groups excluding carboxylic acids is 1. The highest BCUT2D eigenvalue weighted by atomic mass is 16.2. The van der Waals surface area contributed by atoms with Gasteiger partial charge in [0.25, 0.3) is 0 Å². The van der Waals surface area contributed by atoms with Crippen LogP contribution in [0.25, 0.3) is 0 Å². The van der Waals surface area contributed by atoms with Crippen LogP contribution in [0.1, 0.15) is 17.2 Å². The molecule has 1 N–H and O–H groups in total. The largest absolute Gasteiger partial charge is 0.347 e. The molecule has 0 spiro atoms. The van der Waals surface area contributed by atoms with Crippen LogP contribution in [0.4, 0.5) is 0 Å². The Hall–Kier alpha value is -1.35. The van der Waals surface area contributed by atoms with Gasteiger partial charge >= 0.3 is 0 Å². The predicted molar refractivity (Wildman–Crippen MR) is 59.6 cm³/mol. The summed E-state index contributed by atoms with van der Waals surface area (Å²) in [6.45, 7) is 0.876. The molecule has 1 aliphatic rings. The molecule has 0 bridgehead atoms. The van der Waals surface area contributed by atoms with E-state index in [0.29, 0.717) is 0 Å². The lowest BCUT2D eigenvalue weighted by Gasteiger charge is -2.28.